The van der Waals surface area contributed by atoms with Crippen LogP contribution in [0.1, 0.15) is 131 Å². The van der Waals surface area contributed by atoms with Crippen molar-refractivity contribution in [2.24, 2.45) is 22.7 Å². The van der Waals surface area contributed by atoms with Crippen molar-refractivity contribution >= 4 is 39.4 Å². The van der Waals surface area contributed by atoms with Gasteiger partial charge in [-0.15, -0.1) is 0 Å². The summed E-state index contributed by atoms with van der Waals surface area (Å²) in [6.45, 7) is 10.8. The smallest absolute Gasteiger partial charge is 0.315 e. The SMILES string of the molecule is CCC[C@H](NC(=O)[C@@H]1[C@@H]2[C@H](CN1C(=O)[C@@H](NC(=O)NC1(CS(=O)(=O)C(C)(C)CO)CCCCC1)C1(C)CCCCC1)C2(C)C)C(=O)C(=O)NC1CC1. The number of Topliss-reactive ketones (excluding diaryl/α,β-unsaturated/α-hetero) is 1. The van der Waals surface area contributed by atoms with E-state index in [0.29, 0.717) is 38.6 Å². The van der Waals surface area contributed by atoms with Gasteiger partial charge in [0.2, 0.25) is 17.6 Å². The zero-order valence-corrected chi connectivity index (χ0v) is 33.0. The third kappa shape index (κ3) is 8.32. The predicted molar refractivity (Wildman–Crippen MR) is 197 cm³/mol. The van der Waals surface area contributed by atoms with Gasteiger partial charge in [-0.05, 0) is 81.5 Å². The van der Waals surface area contributed by atoms with Gasteiger partial charge in [0.05, 0.1) is 28.7 Å². The zero-order valence-electron chi connectivity index (χ0n) is 32.1. The predicted octanol–water partition coefficient (Wildman–Crippen LogP) is 3.13. The topological polar surface area (TPSA) is 191 Å². The van der Waals surface area contributed by atoms with Crippen LogP contribution in [-0.2, 0) is 29.0 Å². The van der Waals surface area contributed by atoms with E-state index in [0.717, 1.165) is 51.4 Å². The summed E-state index contributed by atoms with van der Waals surface area (Å²) in [4.78, 5) is 70.7. The molecule has 14 heteroatoms. The molecule has 0 unspecified atom stereocenters. The highest BCUT2D eigenvalue weighted by Crippen LogP contribution is 2.65. The summed E-state index contributed by atoms with van der Waals surface area (Å²) in [5, 5.41) is 21.5. The Morgan fingerprint density at radius 2 is 1.50 bits per heavy atom. The standard InChI is InChI=1S/C38H63N5O8S/c1-7-14-26(29(45)32(47)39-24-15-16-24)40-31(46)28-27-25(36(27,4)5)21-43(28)33(48)30(37(6)17-10-8-11-18-37)41-34(49)42-38(19-12-9-13-20-38)23-52(50,51)35(2,3)22-44/h24-28,30,44H,7-23H2,1-6H3,(H,39,47)(H,40,46)(H2,41,42,49)/t25-,26-,27-,28-,30+/m0/s1. The minimum absolute atomic E-state index is 0.00189. The molecule has 5 amide bonds. The molecule has 5 aliphatic rings. The van der Waals surface area contributed by atoms with Crippen LogP contribution >= 0.6 is 0 Å². The second-order valence-electron chi connectivity index (χ2n) is 18.1. The average molecular weight is 750 g/mol. The number of ketones is 1. The molecule has 0 aromatic rings. The first-order valence-corrected chi connectivity index (χ1v) is 21.3. The average Bonchev–Trinajstić information content (AvgIpc) is 3.93. The number of hydrogen-bond acceptors (Lipinski definition) is 8. The molecule has 294 valence electrons. The van der Waals surface area contributed by atoms with Gasteiger partial charge in [-0.25, -0.2) is 13.2 Å². The summed E-state index contributed by atoms with van der Waals surface area (Å²) in [5.41, 5.74) is -1.87. The van der Waals surface area contributed by atoms with E-state index in [1.165, 1.54) is 13.8 Å². The van der Waals surface area contributed by atoms with Crippen molar-refractivity contribution < 1.29 is 37.5 Å². The minimum Gasteiger partial charge on any atom is -0.395 e. The Kier molecular flexibility index (Phi) is 11.8. The van der Waals surface area contributed by atoms with Crippen molar-refractivity contribution in [1.82, 2.24) is 26.2 Å². The lowest BCUT2D eigenvalue weighted by atomic mass is 9.70. The number of piperidine rings is 1. The van der Waals surface area contributed by atoms with Crippen molar-refractivity contribution in [2.75, 3.05) is 18.9 Å². The fourth-order valence-corrected chi connectivity index (χ4v) is 10.9. The van der Waals surface area contributed by atoms with Crippen molar-refractivity contribution in [3.63, 3.8) is 0 Å². The summed E-state index contributed by atoms with van der Waals surface area (Å²) >= 11 is 0. The Morgan fingerprint density at radius 3 is 2.06 bits per heavy atom. The molecule has 0 aromatic carbocycles. The molecule has 5 rings (SSSR count). The Morgan fingerprint density at radius 1 is 0.904 bits per heavy atom. The molecule has 0 spiro atoms. The number of fused-ring (bicyclic) bond motifs is 1. The van der Waals surface area contributed by atoms with Crippen molar-refractivity contribution in [2.45, 2.75) is 166 Å². The molecule has 0 aromatic heterocycles. The van der Waals surface area contributed by atoms with E-state index in [4.69, 9.17) is 0 Å². The zero-order chi connectivity index (χ0) is 38.3. The van der Waals surface area contributed by atoms with Gasteiger partial charge in [0.25, 0.3) is 5.91 Å². The number of likely N-dealkylation sites (tertiary alicyclic amines) is 1. The Hall–Kier alpha value is -2.74. The second-order valence-corrected chi connectivity index (χ2v) is 20.7. The van der Waals surface area contributed by atoms with Crippen LogP contribution in [-0.4, -0.2) is 101 Å². The number of hydrogen-bond donors (Lipinski definition) is 5. The van der Waals surface area contributed by atoms with E-state index in [1.807, 2.05) is 13.8 Å². The molecule has 0 radical (unpaired) electrons. The van der Waals surface area contributed by atoms with Crippen LogP contribution in [0.5, 0.6) is 0 Å². The number of nitrogens with one attached hydrogen (secondary N) is 4. The lowest BCUT2D eigenvalue weighted by Gasteiger charge is -2.44. The van der Waals surface area contributed by atoms with Crippen LogP contribution in [0.3, 0.4) is 0 Å². The maximum absolute atomic E-state index is 14.9. The summed E-state index contributed by atoms with van der Waals surface area (Å²) in [6.07, 6.45) is 9.99. The molecule has 5 fully saturated rings. The van der Waals surface area contributed by atoms with Gasteiger partial charge in [0.15, 0.2) is 9.84 Å². The largest absolute Gasteiger partial charge is 0.395 e. The maximum atomic E-state index is 14.9. The summed E-state index contributed by atoms with van der Waals surface area (Å²) in [5.74, 6) is -2.62. The highest BCUT2D eigenvalue weighted by atomic mass is 32.2. The number of aliphatic hydroxyl groups is 1. The molecule has 5 N–H and O–H groups in total. The van der Waals surface area contributed by atoms with Gasteiger partial charge in [0.1, 0.15) is 12.1 Å². The number of amides is 5. The van der Waals surface area contributed by atoms with Crippen LogP contribution < -0.4 is 21.3 Å². The quantitative estimate of drug-likeness (QED) is 0.158. The number of rotatable bonds is 15. The second kappa shape index (κ2) is 15.2. The fourth-order valence-electron chi connectivity index (χ4n) is 9.22. The third-order valence-electron chi connectivity index (χ3n) is 13.2. The van der Waals surface area contributed by atoms with E-state index in [1.54, 1.807) is 4.90 Å². The van der Waals surface area contributed by atoms with Gasteiger partial charge in [-0.3, -0.25) is 19.2 Å². The van der Waals surface area contributed by atoms with Crippen molar-refractivity contribution in [3.8, 4) is 0 Å². The van der Waals surface area contributed by atoms with E-state index in [-0.39, 0.29) is 41.4 Å². The maximum Gasteiger partial charge on any atom is 0.315 e. The number of nitrogens with zero attached hydrogens (tertiary/aromatic N) is 1. The van der Waals surface area contributed by atoms with Crippen molar-refractivity contribution in [1.29, 1.82) is 0 Å². The molecule has 52 heavy (non-hydrogen) atoms. The highest BCUT2D eigenvalue weighted by Gasteiger charge is 2.70. The first-order chi connectivity index (χ1) is 24.3. The van der Waals surface area contributed by atoms with Gasteiger partial charge < -0.3 is 31.3 Å². The molecule has 0 bridgehead atoms. The lowest BCUT2D eigenvalue weighted by Crippen LogP contribution is -2.65. The van der Waals surface area contributed by atoms with Crippen LogP contribution in [0, 0.1) is 22.7 Å². The van der Waals surface area contributed by atoms with Gasteiger partial charge in [0, 0.05) is 12.6 Å². The Balaban J connectivity index is 1.39. The van der Waals surface area contributed by atoms with Crippen LogP contribution in [0.2, 0.25) is 0 Å². The molecule has 1 aliphatic heterocycles. The molecule has 4 saturated carbocycles. The summed E-state index contributed by atoms with van der Waals surface area (Å²) in [7, 11) is -3.82. The minimum atomic E-state index is -3.82. The van der Waals surface area contributed by atoms with Crippen molar-refractivity contribution in [3.05, 3.63) is 0 Å². The third-order valence-corrected chi connectivity index (χ3v) is 15.9. The molecule has 4 aliphatic carbocycles. The van der Waals surface area contributed by atoms with Gasteiger partial charge >= 0.3 is 6.03 Å². The monoisotopic (exact) mass is 749 g/mol. The molecule has 1 heterocycles. The number of urea groups is 1. The molecular formula is C38H63N5O8S. The Bertz CT molecular complexity index is 1500. The van der Waals surface area contributed by atoms with E-state index >= 15 is 0 Å². The van der Waals surface area contributed by atoms with Gasteiger partial charge in [-0.1, -0.05) is 72.6 Å². The molecule has 13 nitrogen and oxygen atoms in total. The van der Waals surface area contributed by atoms with E-state index < -0.39 is 73.9 Å². The van der Waals surface area contributed by atoms with Gasteiger partial charge in [-0.2, -0.15) is 0 Å². The fraction of sp³-hybridized carbons (Fsp3) is 0.868. The first-order valence-electron chi connectivity index (χ1n) is 19.7. The number of aliphatic hydroxyl groups excluding tert-OH is 1. The van der Waals surface area contributed by atoms with E-state index in [2.05, 4.69) is 35.1 Å². The molecule has 1 saturated heterocycles. The van der Waals surface area contributed by atoms with Crippen LogP contribution in [0.15, 0.2) is 0 Å². The normalized spacial score (nSPS) is 27.4. The molecule has 5 atom stereocenters. The van der Waals surface area contributed by atoms with Crippen LogP contribution in [0.25, 0.3) is 0 Å². The number of sulfone groups is 1. The first kappa shape index (κ1) is 40.4. The lowest BCUT2D eigenvalue weighted by molar-refractivity contribution is -0.146. The van der Waals surface area contributed by atoms with E-state index in [9.17, 15) is 37.5 Å². The van der Waals surface area contributed by atoms with Crippen LogP contribution in [0.4, 0.5) is 4.79 Å². The number of carbonyl (C=O) groups is 5. The Labute approximate surface area is 309 Å². The summed E-state index contributed by atoms with van der Waals surface area (Å²) in [6, 6.07) is -3.49. The number of carbonyl (C=O) groups excluding carboxylic acids is 5. The molecular weight excluding hydrogens is 687 g/mol. The summed E-state index contributed by atoms with van der Waals surface area (Å²) < 4.78 is 25.6. The highest BCUT2D eigenvalue weighted by molar-refractivity contribution is 7.92.